The third-order valence-electron chi connectivity index (χ3n) is 3.29. The SMILES string of the molecule is COc1ccc(OCC(O)c2ccc(F)c(F)c2)cc1C(C)=O. The summed E-state index contributed by atoms with van der Waals surface area (Å²) in [7, 11) is 1.45. The van der Waals surface area contributed by atoms with Gasteiger partial charge in [0.2, 0.25) is 0 Å². The molecule has 2 rings (SSSR count). The normalized spacial score (nSPS) is 11.9. The zero-order valence-electron chi connectivity index (χ0n) is 12.7. The number of methoxy groups -OCH3 is 1. The molecule has 0 spiro atoms. The number of hydrogen-bond donors (Lipinski definition) is 1. The lowest BCUT2D eigenvalue weighted by atomic mass is 10.1. The summed E-state index contributed by atoms with van der Waals surface area (Å²) < 4.78 is 36.5. The summed E-state index contributed by atoms with van der Waals surface area (Å²) in [4.78, 5) is 11.5. The van der Waals surface area contributed by atoms with Crippen molar-refractivity contribution in [3.05, 3.63) is 59.2 Å². The van der Waals surface area contributed by atoms with Crippen LogP contribution in [-0.2, 0) is 0 Å². The van der Waals surface area contributed by atoms with Gasteiger partial charge in [0.05, 0.1) is 12.7 Å². The van der Waals surface area contributed by atoms with E-state index in [4.69, 9.17) is 9.47 Å². The van der Waals surface area contributed by atoms with Gasteiger partial charge in [-0.05, 0) is 42.8 Å². The molecule has 0 bridgehead atoms. The largest absolute Gasteiger partial charge is 0.496 e. The highest BCUT2D eigenvalue weighted by atomic mass is 19.2. The highest BCUT2D eigenvalue weighted by Gasteiger charge is 2.13. The molecule has 0 aliphatic carbocycles. The van der Waals surface area contributed by atoms with E-state index in [0.29, 0.717) is 17.1 Å². The standard InChI is InChI=1S/C17H16F2O4/c1-10(20)13-8-12(4-6-17(13)22-2)23-9-16(21)11-3-5-14(18)15(19)7-11/h3-8,16,21H,9H2,1-2H3. The van der Waals surface area contributed by atoms with E-state index in [2.05, 4.69) is 0 Å². The smallest absolute Gasteiger partial charge is 0.163 e. The molecule has 0 radical (unpaired) electrons. The maximum Gasteiger partial charge on any atom is 0.163 e. The Morgan fingerprint density at radius 2 is 1.91 bits per heavy atom. The van der Waals surface area contributed by atoms with E-state index in [1.54, 1.807) is 12.1 Å². The van der Waals surface area contributed by atoms with E-state index in [9.17, 15) is 18.7 Å². The summed E-state index contributed by atoms with van der Waals surface area (Å²) in [5.41, 5.74) is 0.552. The van der Waals surface area contributed by atoms with E-state index in [-0.39, 0.29) is 18.0 Å². The molecule has 0 saturated carbocycles. The fraction of sp³-hybridized carbons (Fsp3) is 0.235. The number of hydrogen-bond acceptors (Lipinski definition) is 4. The summed E-state index contributed by atoms with van der Waals surface area (Å²) in [5.74, 6) is -1.43. The quantitative estimate of drug-likeness (QED) is 0.829. The van der Waals surface area contributed by atoms with Crippen molar-refractivity contribution < 1.29 is 28.2 Å². The molecule has 6 heteroatoms. The summed E-state index contributed by atoms with van der Waals surface area (Å²) >= 11 is 0. The van der Waals surface area contributed by atoms with Gasteiger partial charge in [0.25, 0.3) is 0 Å². The number of rotatable bonds is 6. The molecule has 0 fully saturated rings. The molecule has 0 saturated heterocycles. The van der Waals surface area contributed by atoms with Crippen LogP contribution >= 0.6 is 0 Å². The van der Waals surface area contributed by atoms with Crippen LogP contribution in [0.15, 0.2) is 36.4 Å². The number of carbonyl (C=O) groups excluding carboxylic acids is 1. The highest BCUT2D eigenvalue weighted by Crippen LogP contribution is 2.25. The number of Topliss-reactive ketones (excluding diaryl/α,β-unsaturated/α-hetero) is 1. The van der Waals surface area contributed by atoms with Gasteiger partial charge in [-0.3, -0.25) is 4.79 Å². The summed E-state index contributed by atoms with van der Waals surface area (Å²) in [5, 5.41) is 9.97. The first-order chi connectivity index (χ1) is 10.9. The average Bonchev–Trinajstić information content (AvgIpc) is 2.54. The van der Waals surface area contributed by atoms with Gasteiger partial charge in [-0.1, -0.05) is 6.07 Å². The Morgan fingerprint density at radius 3 is 2.52 bits per heavy atom. The molecular weight excluding hydrogens is 306 g/mol. The molecule has 122 valence electrons. The molecule has 0 heterocycles. The molecule has 0 aliphatic rings. The Bertz CT molecular complexity index is 716. The third kappa shape index (κ3) is 4.04. The minimum Gasteiger partial charge on any atom is -0.496 e. The Balaban J connectivity index is 2.09. The van der Waals surface area contributed by atoms with E-state index < -0.39 is 17.7 Å². The zero-order valence-corrected chi connectivity index (χ0v) is 12.7. The highest BCUT2D eigenvalue weighted by molar-refractivity contribution is 5.97. The van der Waals surface area contributed by atoms with Gasteiger partial charge in [-0.2, -0.15) is 0 Å². The van der Waals surface area contributed by atoms with E-state index in [0.717, 1.165) is 12.1 Å². The minimum atomic E-state index is -1.13. The van der Waals surface area contributed by atoms with Crippen LogP contribution in [0.1, 0.15) is 28.9 Å². The second-order valence-electron chi connectivity index (χ2n) is 4.92. The number of ketones is 1. The maximum absolute atomic E-state index is 13.1. The van der Waals surface area contributed by atoms with Crippen molar-refractivity contribution in [2.75, 3.05) is 13.7 Å². The molecule has 2 aromatic carbocycles. The van der Waals surface area contributed by atoms with Crippen LogP contribution in [0.25, 0.3) is 0 Å². The molecule has 1 unspecified atom stereocenters. The number of aliphatic hydroxyl groups excluding tert-OH is 1. The Morgan fingerprint density at radius 1 is 1.17 bits per heavy atom. The van der Waals surface area contributed by atoms with Crippen LogP contribution in [0, 0.1) is 11.6 Å². The first-order valence-electron chi connectivity index (χ1n) is 6.87. The van der Waals surface area contributed by atoms with Gasteiger partial charge < -0.3 is 14.6 Å². The molecule has 4 nitrogen and oxygen atoms in total. The second-order valence-corrected chi connectivity index (χ2v) is 4.92. The molecule has 23 heavy (non-hydrogen) atoms. The van der Waals surface area contributed by atoms with Crippen molar-refractivity contribution in [1.82, 2.24) is 0 Å². The monoisotopic (exact) mass is 322 g/mol. The van der Waals surface area contributed by atoms with Gasteiger partial charge >= 0.3 is 0 Å². The Labute approximate surface area is 132 Å². The predicted octanol–water partition coefficient (Wildman–Crippen LogP) is 3.29. The second kappa shape index (κ2) is 7.19. The van der Waals surface area contributed by atoms with Crippen molar-refractivity contribution in [2.45, 2.75) is 13.0 Å². The van der Waals surface area contributed by atoms with Gasteiger partial charge in [-0.25, -0.2) is 8.78 Å². The van der Waals surface area contributed by atoms with E-state index in [1.165, 1.54) is 26.2 Å². The van der Waals surface area contributed by atoms with Crippen molar-refractivity contribution in [1.29, 1.82) is 0 Å². The topological polar surface area (TPSA) is 55.8 Å². The van der Waals surface area contributed by atoms with Gasteiger partial charge in [0.1, 0.15) is 24.2 Å². The predicted molar refractivity (Wildman–Crippen MR) is 79.8 cm³/mol. The Kier molecular flexibility index (Phi) is 5.28. The van der Waals surface area contributed by atoms with Crippen molar-refractivity contribution >= 4 is 5.78 Å². The van der Waals surface area contributed by atoms with Crippen molar-refractivity contribution in [2.24, 2.45) is 0 Å². The van der Waals surface area contributed by atoms with Crippen molar-refractivity contribution in [3.8, 4) is 11.5 Å². The van der Waals surface area contributed by atoms with Crippen molar-refractivity contribution in [3.63, 3.8) is 0 Å². The minimum absolute atomic E-state index is 0.172. The van der Waals surface area contributed by atoms with Crippen LogP contribution in [0.3, 0.4) is 0 Å². The van der Waals surface area contributed by atoms with Gasteiger partial charge in [0, 0.05) is 0 Å². The summed E-state index contributed by atoms with van der Waals surface area (Å²) in [6, 6.07) is 7.80. The lowest BCUT2D eigenvalue weighted by Crippen LogP contribution is -2.10. The molecular formula is C17H16F2O4. The third-order valence-corrected chi connectivity index (χ3v) is 3.29. The van der Waals surface area contributed by atoms with E-state index in [1.807, 2.05) is 0 Å². The summed E-state index contributed by atoms with van der Waals surface area (Å²) in [6.45, 7) is 1.23. The molecule has 0 amide bonds. The summed E-state index contributed by atoms with van der Waals surface area (Å²) in [6.07, 6.45) is -1.13. The molecule has 1 N–H and O–H groups in total. The lowest BCUT2D eigenvalue weighted by Gasteiger charge is -2.14. The first kappa shape index (κ1) is 16.9. The molecule has 1 atom stereocenters. The number of carbonyl (C=O) groups is 1. The molecule has 0 aliphatic heterocycles. The van der Waals surface area contributed by atoms with E-state index >= 15 is 0 Å². The molecule has 2 aromatic rings. The van der Waals surface area contributed by atoms with Crippen LogP contribution in [0.2, 0.25) is 0 Å². The lowest BCUT2D eigenvalue weighted by molar-refractivity contribution is 0.101. The van der Waals surface area contributed by atoms with Gasteiger partial charge in [-0.15, -0.1) is 0 Å². The fourth-order valence-corrected chi connectivity index (χ4v) is 2.04. The Hall–Kier alpha value is -2.47. The molecule has 0 aromatic heterocycles. The first-order valence-corrected chi connectivity index (χ1v) is 6.87. The number of benzene rings is 2. The van der Waals surface area contributed by atoms with Crippen LogP contribution < -0.4 is 9.47 Å². The number of halogens is 2. The zero-order chi connectivity index (χ0) is 17.0. The average molecular weight is 322 g/mol. The number of ether oxygens (including phenoxy) is 2. The van der Waals surface area contributed by atoms with Crippen LogP contribution in [0.4, 0.5) is 8.78 Å². The maximum atomic E-state index is 13.1. The van der Waals surface area contributed by atoms with Crippen LogP contribution in [-0.4, -0.2) is 24.6 Å². The van der Waals surface area contributed by atoms with Gasteiger partial charge in [0.15, 0.2) is 17.4 Å². The van der Waals surface area contributed by atoms with Crippen LogP contribution in [0.5, 0.6) is 11.5 Å². The fourth-order valence-electron chi connectivity index (χ4n) is 2.04. The number of aliphatic hydroxyl groups is 1.